The number of fused-ring (bicyclic) bond motifs is 1. The third-order valence-electron chi connectivity index (χ3n) is 5.32. The number of carbonyl (C=O) groups excluding carboxylic acids is 1. The Morgan fingerprint density at radius 3 is 2.58 bits per heavy atom. The molecule has 0 spiro atoms. The maximum absolute atomic E-state index is 13.0. The fourth-order valence-corrected chi connectivity index (χ4v) is 3.64. The minimum absolute atomic E-state index is 0.114. The summed E-state index contributed by atoms with van der Waals surface area (Å²) < 4.78 is 1.77. The van der Waals surface area contributed by atoms with E-state index in [2.05, 4.69) is 22.3 Å². The molecule has 0 radical (unpaired) electrons. The van der Waals surface area contributed by atoms with Crippen LogP contribution in [0.1, 0.15) is 68.5 Å². The molecule has 0 aromatic carbocycles. The summed E-state index contributed by atoms with van der Waals surface area (Å²) in [4.78, 5) is 29.5. The van der Waals surface area contributed by atoms with Crippen LogP contribution in [-0.2, 0) is 4.79 Å². The highest BCUT2D eigenvalue weighted by Gasteiger charge is 2.42. The molecule has 2 heterocycles. The molecule has 0 aliphatic heterocycles. The Labute approximate surface area is 152 Å². The van der Waals surface area contributed by atoms with Crippen LogP contribution in [0.4, 0.5) is 0 Å². The summed E-state index contributed by atoms with van der Waals surface area (Å²) in [6.45, 7) is 7.93. The zero-order chi connectivity index (χ0) is 19.1. The number of hydrogen-bond donors (Lipinski definition) is 2. The molecule has 1 aliphatic rings. The predicted molar refractivity (Wildman–Crippen MR) is 98.1 cm³/mol. The Balaban J connectivity index is 1.98. The van der Waals surface area contributed by atoms with Crippen LogP contribution < -0.4 is 5.32 Å². The van der Waals surface area contributed by atoms with Crippen molar-refractivity contribution in [1.29, 1.82) is 0 Å². The number of aryl methyl sites for hydroxylation is 1. The van der Waals surface area contributed by atoms with Crippen LogP contribution in [-0.4, -0.2) is 37.3 Å². The Morgan fingerprint density at radius 2 is 2.00 bits per heavy atom. The number of carbonyl (C=O) groups is 2. The van der Waals surface area contributed by atoms with Crippen molar-refractivity contribution in [3.05, 3.63) is 23.5 Å². The quantitative estimate of drug-likeness (QED) is 0.875. The number of rotatable bonds is 4. The molecular formula is C19H26N4O3. The second kappa shape index (κ2) is 6.70. The van der Waals surface area contributed by atoms with Gasteiger partial charge in [0.05, 0.1) is 17.1 Å². The minimum atomic E-state index is -1.19. The maximum atomic E-state index is 13.0. The van der Waals surface area contributed by atoms with E-state index < -0.39 is 11.5 Å². The Bertz CT molecular complexity index is 848. The fourth-order valence-electron chi connectivity index (χ4n) is 3.64. The first-order chi connectivity index (χ1) is 12.2. The normalized spacial score (nSPS) is 23.3. The van der Waals surface area contributed by atoms with Gasteiger partial charge in [-0.3, -0.25) is 4.79 Å². The topological polar surface area (TPSA) is 97.1 Å². The highest BCUT2D eigenvalue weighted by Crippen LogP contribution is 2.33. The van der Waals surface area contributed by atoms with Crippen molar-refractivity contribution in [3.8, 4) is 0 Å². The fraction of sp³-hybridized carbons (Fsp3) is 0.579. The van der Waals surface area contributed by atoms with E-state index in [1.54, 1.807) is 16.9 Å². The van der Waals surface area contributed by atoms with Gasteiger partial charge in [0.1, 0.15) is 5.54 Å². The van der Waals surface area contributed by atoms with Gasteiger partial charge < -0.3 is 10.4 Å². The van der Waals surface area contributed by atoms with Gasteiger partial charge in [0.2, 0.25) is 0 Å². The number of nitrogens with one attached hydrogen (secondary N) is 1. The maximum Gasteiger partial charge on any atom is 0.329 e. The van der Waals surface area contributed by atoms with E-state index in [-0.39, 0.29) is 11.9 Å². The van der Waals surface area contributed by atoms with Gasteiger partial charge in [-0.05, 0) is 58.4 Å². The van der Waals surface area contributed by atoms with E-state index in [4.69, 9.17) is 0 Å². The molecular weight excluding hydrogens is 332 g/mol. The molecule has 2 aromatic rings. The summed E-state index contributed by atoms with van der Waals surface area (Å²) in [6.07, 6.45) is 4.12. The largest absolute Gasteiger partial charge is 0.480 e. The molecule has 2 aromatic heterocycles. The number of aliphatic carboxylic acids is 1. The number of pyridine rings is 1. The minimum Gasteiger partial charge on any atom is -0.480 e. The van der Waals surface area contributed by atoms with Crippen molar-refractivity contribution in [2.24, 2.45) is 5.92 Å². The average molecular weight is 358 g/mol. The average Bonchev–Trinajstić information content (AvgIpc) is 3.00. The molecule has 1 aliphatic carbocycles. The number of amides is 1. The Kier molecular flexibility index (Phi) is 4.73. The van der Waals surface area contributed by atoms with Gasteiger partial charge in [0.25, 0.3) is 5.91 Å². The highest BCUT2D eigenvalue weighted by molar-refractivity contribution is 6.07. The van der Waals surface area contributed by atoms with Crippen molar-refractivity contribution >= 4 is 22.9 Å². The molecule has 0 bridgehead atoms. The zero-order valence-electron chi connectivity index (χ0n) is 15.7. The molecule has 140 valence electrons. The summed E-state index contributed by atoms with van der Waals surface area (Å²) >= 11 is 0. The predicted octanol–water partition coefficient (Wildman–Crippen LogP) is 3.08. The van der Waals surface area contributed by atoms with Crippen LogP contribution in [0.25, 0.3) is 11.0 Å². The molecule has 0 atom stereocenters. The lowest BCUT2D eigenvalue weighted by Gasteiger charge is -2.36. The molecule has 0 saturated heterocycles. The van der Waals surface area contributed by atoms with Gasteiger partial charge in [-0.1, -0.05) is 6.92 Å². The van der Waals surface area contributed by atoms with Gasteiger partial charge in [0.15, 0.2) is 5.65 Å². The third-order valence-corrected chi connectivity index (χ3v) is 5.32. The van der Waals surface area contributed by atoms with E-state index >= 15 is 0 Å². The Morgan fingerprint density at radius 1 is 1.35 bits per heavy atom. The second-order valence-corrected chi connectivity index (χ2v) is 7.76. The number of carboxylic acid groups (broad SMARTS) is 1. The van der Waals surface area contributed by atoms with Gasteiger partial charge in [-0.15, -0.1) is 0 Å². The molecule has 1 fully saturated rings. The van der Waals surface area contributed by atoms with Crippen molar-refractivity contribution < 1.29 is 14.7 Å². The lowest BCUT2D eigenvalue weighted by atomic mass is 9.77. The number of aromatic nitrogens is 3. The molecule has 0 unspecified atom stereocenters. The van der Waals surface area contributed by atoms with Gasteiger partial charge in [0, 0.05) is 11.7 Å². The van der Waals surface area contributed by atoms with Gasteiger partial charge >= 0.3 is 5.97 Å². The van der Waals surface area contributed by atoms with Crippen LogP contribution in [0.5, 0.6) is 0 Å². The highest BCUT2D eigenvalue weighted by atomic mass is 16.4. The number of carboxylic acids is 1. The number of hydrogen-bond acceptors (Lipinski definition) is 4. The molecule has 3 rings (SSSR count). The van der Waals surface area contributed by atoms with E-state index in [0.29, 0.717) is 41.1 Å². The van der Waals surface area contributed by atoms with Crippen LogP contribution in [0.2, 0.25) is 0 Å². The van der Waals surface area contributed by atoms with E-state index in [1.807, 2.05) is 20.8 Å². The molecule has 26 heavy (non-hydrogen) atoms. The number of nitrogens with zero attached hydrogens (tertiary/aromatic N) is 3. The van der Waals surface area contributed by atoms with Crippen LogP contribution in [0.15, 0.2) is 12.3 Å². The van der Waals surface area contributed by atoms with Crippen molar-refractivity contribution in [2.75, 3.05) is 0 Å². The smallest absolute Gasteiger partial charge is 0.329 e. The van der Waals surface area contributed by atoms with Crippen molar-refractivity contribution in [2.45, 2.75) is 65.0 Å². The van der Waals surface area contributed by atoms with E-state index in [9.17, 15) is 14.7 Å². The summed E-state index contributed by atoms with van der Waals surface area (Å²) in [5.74, 6) is -0.850. The van der Waals surface area contributed by atoms with Gasteiger partial charge in [-0.2, -0.15) is 5.10 Å². The zero-order valence-corrected chi connectivity index (χ0v) is 15.7. The lowest BCUT2D eigenvalue weighted by Crippen LogP contribution is -2.56. The third kappa shape index (κ3) is 3.18. The Hall–Kier alpha value is -2.44. The SMILES string of the molecule is Cc1cc(C(=O)NC2(C(=O)O)CCC(C)CC2)c2cnn(C(C)C)c2n1. The van der Waals surface area contributed by atoms with Crippen LogP contribution in [0, 0.1) is 12.8 Å². The molecule has 1 saturated carbocycles. The van der Waals surface area contributed by atoms with Crippen LogP contribution in [0.3, 0.4) is 0 Å². The summed E-state index contributed by atoms with van der Waals surface area (Å²) in [5, 5.41) is 17.6. The first-order valence-corrected chi connectivity index (χ1v) is 9.14. The van der Waals surface area contributed by atoms with E-state index in [0.717, 1.165) is 12.8 Å². The van der Waals surface area contributed by atoms with Crippen molar-refractivity contribution in [3.63, 3.8) is 0 Å². The van der Waals surface area contributed by atoms with E-state index in [1.165, 1.54) is 0 Å². The molecule has 1 amide bonds. The summed E-state index contributed by atoms with van der Waals surface area (Å²) in [6, 6.07) is 1.81. The molecule has 7 nitrogen and oxygen atoms in total. The first-order valence-electron chi connectivity index (χ1n) is 9.14. The van der Waals surface area contributed by atoms with Crippen LogP contribution >= 0.6 is 0 Å². The summed E-state index contributed by atoms with van der Waals surface area (Å²) in [7, 11) is 0. The monoisotopic (exact) mass is 358 g/mol. The molecule has 7 heteroatoms. The standard InChI is InChI=1S/C19H26N4O3/c1-11(2)23-16-15(10-20-23)14(9-13(4)21-16)17(24)22-19(18(25)26)7-5-12(3)6-8-19/h9-12H,5-8H2,1-4H3,(H,22,24)(H,25,26). The lowest BCUT2D eigenvalue weighted by molar-refractivity contribution is -0.146. The van der Waals surface area contributed by atoms with Gasteiger partial charge in [-0.25, -0.2) is 14.5 Å². The van der Waals surface area contributed by atoms with Crippen molar-refractivity contribution in [1.82, 2.24) is 20.1 Å². The second-order valence-electron chi connectivity index (χ2n) is 7.76. The first kappa shape index (κ1) is 18.4. The molecule has 2 N–H and O–H groups in total. The summed E-state index contributed by atoms with van der Waals surface area (Å²) in [5.41, 5.74) is 0.582.